The molecular weight excluding hydrogens is 368 g/mol. The van der Waals surface area contributed by atoms with E-state index in [1.807, 2.05) is 10.6 Å². The molecule has 0 amide bonds. The van der Waals surface area contributed by atoms with Crippen molar-refractivity contribution in [1.82, 2.24) is 29.9 Å². The molecule has 5 rings (SSSR count). The summed E-state index contributed by atoms with van der Waals surface area (Å²) < 4.78 is 1.89. The van der Waals surface area contributed by atoms with Gasteiger partial charge in [0.2, 0.25) is 5.65 Å². The second-order valence-electron chi connectivity index (χ2n) is 8.30. The van der Waals surface area contributed by atoms with Crippen LogP contribution >= 0.6 is 0 Å². The third kappa shape index (κ3) is 3.58. The van der Waals surface area contributed by atoms with E-state index in [4.69, 9.17) is 10.2 Å². The normalized spacial score (nSPS) is 28.8. The Morgan fingerprint density at radius 3 is 2.86 bits per heavy atom. The molecule has 1 unspecified atom stereocenters. The van der Waals surface area contributed by atoms with Gasteiger partial charge < -0.3 is 16.1 Å². The van der Waals surface area contributed by atoms with Crippen molar-refractivity contribution in [3.05, 3.63) is 12.5 Å². The van der Waals surface area contributed by atoms with Gasteiger partial charge in [0.1, 0.15) is 18.0 Å². The summed E-state index contributed by atoms with van der Waals surface area (Å²) >= 11 is 0. The number of nitriles is 1. The summed E-state index contributed by atoms with van der Waals surface area (Å²) in [4.78, 5) is 7.32. The maximum absolute atomic E-state index is 8.92. The Labute approximate surface area is 169 Å². The van der Waals surface area contributed by atoms with Gasteiger partial charge in [0, 0.05) is 43.6 Å². The van der Waals surface area contributed by atoms with Crippen molar-refractivity contribution in [2.45, 2.75) is 69.6 Å². The Balaban J connectivity index is 1.32. The minimum Gasteiger partial charge on any atom is -0.366 e. The van der Waals surface area contributed by atoms with E-state index in [9.17, 15) is 0 Å². The molecule has 0 saturated carbocycles. The molecule has 3 aliphatic heterocycles. The van der Waals surface area contributed by atoms with Gasteiger partial charge >= 0.3 is 0 Å². The molecule has 0 aromatic carbocycles. The van der Waals surface area contributed by atoms with Gasteiger partial charge in [-0.05, 0) is 32.6 Å². The molecule has 3 N–H and O–H groups in total. The Morgan fingerprint density at radius 1 is 1.31 bits per heavy atom. The summed E-state index contributed by atoms with van der Waals surface area (Å²) in [6.45, 7) is 2.99. The molecule has 2 saturated heterocycles. The Bertz CT molecular complexity index is 946. The third-order valence-electron chi connectivity index (χ3n) is 6.18. The first kappa shape index (κ1) is 18.1. The quantitative estimate of drug-likeness (QED) is 0.699. The number of anilines is 2. The lowest BCUT2D eigenvalue weighted by Crippen LogP contribution is -2.47. The van der Waals surface area contributed by atoms with Crippen molar-refractivity contribution >= 4 is 23.1 Å². The van der Waals surface area contributed by atoms with Crippen LogP contribution < -0.4 is 16.1 Å². The van der Waals surface area contributed by atoms with Crippen molar-refractivity contribution < 1.29 is 0 Å². The highest BCUT2D eigenvalue weighted by Gasteiger charge is 2.40. The number of nitrogens with one attached hydrogen (secondary N) is 3. The first-order valence-corrected chi connectivity index (χ1v) is 10.4. The van der Waals surface area contributed by atoms with Crippen LogP contribution in [0, 0.1) is 11.3 Å². The fourth-order valence-corrected chi connectivity index (χ4v) is 4.92. The van der Waals surface area contributed by atoms with Crippen molar-refractivity contribution in [2.24, 2.45) is 5.10 Å². The SMILES string of the molecule is CC1CC(Nc2nc(N[C@@H]3C[C@H]4CC[C@@H](C3)N4CCC#N)cn3cnnc23)=NN1. The molecule has 2 aromatic heterocycles. The van der Waals surface area contributed by atoms with Crippen LogP contribution in [0.4, 0.5) is 11.6 Å². The molecule has 2 aromatic rings. The summed E-state index contributed by atoms with van der Waals surface area (Å²) in [6, 6.07) is 4.11. The molecule has 2 bridgehead atoms. The van der Waals surface area contributed by atoms with Crippen molar-refractivity contribution in [3.8, 4) is 6.07 Å². The highest BCUT2D eigenvalue weighted by atomic mass is 15.4. The predicted molar refractivity (Wildman–Crippen MR) is 109 cm³/mol. The summed E-state index contributed by atoms with van der Waals surface area (Å²) in [6.07, 6.45) is 9.70. The average molecular weight is 394 g/mol. The standard InChI is InChI=1S/C19H26N10/c1-12-7-16(26-25-12)23-18-19-27-21-11-28(19)10-17(24-18)22-13-8-14-3-4-15(9-13)29(14)6-2-5-20/h10-15,22,25H,2-4,6-9H2,1H3,(H,23,24,26)/t12?,13-,14-,15+. The van der Waals surface area contributed by atoms with Crippen LogP contribution in [0.25, 0.3) is 5.65 Å². The van der Waals surface area contributed by atoms with E-state index in [2.05, 4.69) is 49.3 Å². The Morgan fingerprint density at radius 2 is 2.14 bits per heavy atom. The van der Waals surface area contributed by atoms with E-state index >= 15 is 0 Å². The Hall–Kier alpha value is -2.93. The number of fused-ring (bicyclic) bond motifs is 3. The molecule has 0 aliphatic carbocycles. The molecule has 2 fully saturated rings. The minimum absolute atomic E-state index is 0.314. The van der Waals surface area contributed by atoms with Crippen LogP contribution in [-0.4, -0.2) is 61.0 Å². The minimum atomic E-state index is 0.314. The first-order chi connectivity index (χ1) is 14.2. The number of nitrogens with zero attached hydrogens (tertiary/aromatic N) is 7. The van der Waals surface area contributed by atoms with Gasteiger partial charge in [-0.1, -0.05) is 0 Å². The molecule has 0 spiro atoms. The van der Waals surface area contributed by atoms with Gasteiger partial charge in [-0.15, -0.1) is 10.2 Å². The van der Waals surface area contributed by atoms with Crippen molar-refractivity contribution in [3.63, 3.8) is 0 Å². The molecule has 0 radical (unpaired) electrons. The van der Waals surface area contributed by atoms with E-state index in [1.54, 1.807) is 6.33 Å². The molecule has 29 heavy (non-hydrogen) atoms. The number of aromatic nitrogens is 4. The number of rotatable bonds is 5. The van der Waals surface area contributed by atoms with Gasteiger partial charge in [-0.2, -0.15) is 10.4 Å². The van der Waals surface area contributed by atoms with Gasteiger partial charge in [-0.25, -0.2) is 4.98 Å². The van der Waals surface area contributed by atoms with Gasteiger partial charge in [0.05, 0.1) is 12.3 Å². The van der Waals surface area contributed by atoms with E-state index in [-0.39, 0.29) is 0 Å². The maximum atomic E-state index is 8.92. The van der Waals surface area contributed by atoms with Crippen LogP contribution in [-0.2, 0) is 0 Å². The number of piperidine rings is 1. The fraction of sp³-hybridized carbons (Fsp3) is 0.632. The zero-order chi connectivity index (χ0) is 19.8. The smallest absolute Gasteiger partial charge is 0.203 e. The number of hydrogen-bond donors (Lipinski definition) is 3. The van der Waals surface area contributed by atoms with Crippen molar-refractivity contribution in [2.75, 3.05) is 17.2 Å². The molecule has 3 aliphatic rings. The number of hydrogen-bond acceptors (Lipinski definition) is 9. The number of amidine groups is 1. The lowest BCUT2D eigenvalue weighted by molar-refractivity contribution is 0.135. The van der Waals surface area contributed by atoms with E-state index < -0.39 is 0 Å². The molecule has 4 atom stereocenters. The highest BCUT2D eigenvalue weighted by molar-refractivity contribution is 5.98. The van der Waals surface area contributed by atoms with Gasteiger partial charge in [0.25, 0.3) is 0 Å². The molecular formula is C19H26N10. The fourth-order valence-electron chi connectivity index (χ4n) is 4.92. The summed E-state index contributed by atoms with van der Waals surface area (Å²) in [5.74, 6) is 2.33. The largest absolute Gasteiger partial charge is 0.366 e. The molecule has 10 nitrogen and oxygen atoms in total. The van der Waals surface area contributed by atoms with Crippen LogP contribution in [0.5, 0.6) is 0 Å². The van der Waals surface area contributed by atoms with Crippen LogP contribution in [0.15, 0.2) is 17.6 Å². The van der Waals surface area contributed by atoms with Gasteiger partial charge in [-0.3, -0.25) is 9.30 Å². The second-order valence-corrected chi connectivity index (χ2v) is 8.30. The monoisotopic (exact) mass is 394 g/mol. The molecule has 10 heteroatoms. The van der Waals surface area contributed by atoms with Gasteiger partial charge in [0.15, 0.2) is 5.82 Å². The second kappa shape index (κ2) is 7.48. The summed E-state index contributed by atoms with van der Waals surface area (Å²) in [5, 5.41) is 28.4. The molecule has 5 heterocycles. The lowest BCUT2D eigenvalue weighted by Gasteiger charge is -2.39. The first-order valence-electron chi connectivity index (χ1n) is 10.4. The summed E-state index contributed by atoms with van der Waals surface area (Å²) in [5.41, 5.74) is 3.75. The summed E-state index contributed by atoms with van der Waals surface area (Å²) in [7, 11) is 0. The van der Waals surface area contributed by atoms with Crippen LogP contribution in [0.1, 0.15) is 45.4 Å². The zero-order valence-corrected chi connectivity index (χ0v) is 16.5. The topological polar surface area (TPSA) is 119 Å². The zero-order valence-electron chi connectivity index (χ0n) is 16.5. The third-order valence-corrected chi connectivity index (χ3v) is 6.18. The highest BCUT2D eigenvalue weighted by Crippen LogP contribution is 2.36. The van der Waals surface area contributed by atoms with Crippen LogP contribution in [0.2, 0.25) is 0 Å². The van der Waals surface area contributed by atoms with Crippen LogP contribution in [0.3, 0.4) is 0 Å². The average Bonchev–Trinajstić information content (AvgIpc) is 3.39. The maximum Gasteiger partial charge on any atom is 0.203 e. The van der Waals surface area contributed by atoms with E-state index in [1.165, 1.54) is 12.8 Å². The van der Waals surface area contributed by atoms with E-state index in [0.29, 0.717) is 42.1 Å². The van der Waals surface area contributed by atoms with E-state index in [0.717, 1.165) is 37.5 Å². The lowest BCUT2D eigenvalue weighted by atomic mass is 9.97. The van der Waals surface area contributed by atoms with Crippen molar-refractivity contribution in [1.29, 1.82) is 5.26 Å². The predicted octanol–water partition coefficient (Wildman–Crippen LogP) is 1.55. The number of hydrazone groups is 1. The molecule has 152 valence electrons. The Kier molecular flexibility index (Phi) is 4.67.